The maximum atomic E-state index is 11.4. The summed E-state index contributed by atoms with van der Waals surface area (Å²) in [4.78, 5) is 14.2. The Bertz CT molecular complexity index is 611. The number of hydrogen-bond acceptors (Lipinski definition) is 6. The molecular formula is C14H17N3O3S. The lowest BCUT2D eigenvalue weighted by molar-refractivity contribution is -0.145. The number of rotatable bonds is 4. The summed E-state index contributed by atoms with van der Waals surface area (Å²) < 4.78 is 5.64. The molecule has 3 rings (SSSR count). The normalized spacial score (nSPS) is 23.3. The molecule has 0 saturated carbocycles. The fraction of sp³-hybridized carbons (Fsp3) is 0.500. The maximum absolute atomic E-state index is 11.4. The molecule has 3 heterocycles. The molecule has 2 aromatic rings. The Morgan fingerprint density at radius 2 is 2.43 bits per heavy atom. The van der Waals surface area contributed by atoms with Crippen LogP contribution in [0.2, 0.25) is 0 Å². The molecule has 2 unspecified atom stereocenters. The zero-order valence-electron chi connectivity index (χ0n) is 11.7. The summed E-state index contributed by atoms with van der Waals surface area (Å²) in [6.07, 6.45) is 1.66. The third-order valence-corrected chi connectivity index (χ3v) is 4.66. The molecule has 21 heavy (non-hydrogen) atoms. The van der Waals surface area contributed by atoms with E-state index < -0.39 is 12.0 Å². The Labute approximate surface area is 126 Å². The van der Waals surface area contributed by atoms with Crippen molar-refractivity contribution in [3.8, 4) is 10.8 Å². The van der Waals surface area contributed by atoms with E-state index in [4.69, 9.17) is 4.42 Å². The molecule has 0 aromatic carbocycles. The van der Waals surface area contributed by atoms with E-state index in [9.17, 15) is 9.90 Å². The van der Waals surface area contributed by atoms with Crippen molar-refractivity contribution in [2.24, 2.45) is 5.92 Å². The number of nitrogens with zero attached hydrogens (tertiary/aromatic N) is 3. The minimum absolute atomic E-state index is 0.391. The first kappa shape index (κ1) is 14.2. The summed E-state index contributed by atoms with van der Waals surface area (Å²) in [5, 5.41) is 19.4. The molecule has 0 spiro atoms. The van der Waals surface area contributed by atoms with Crippen molar-refractivity contribution in [2.75, 3.05) is 6.54 Å². The monoisotopic (exact) mass is 307 g/mol. The quantitative estimate of drug-likeness (QED) is 0.935. The van der Waals surface area contributed by atoms with Crippen LogP contribution < -0.4 is 0 Å². The molecule has 6 nitrogen and oxygen atoms in total. The number of likely N-dealkylation sites (tertiary alicyclic amines) is 1. The van der Waals surface area contributed by atoms with Gasteiger partial charge in [-0.3, -0.25) is 9.69 Å². The van der Waals surface area contributed by atoms with Gasteiger partial charge in [0, 0.05) is 0 Å². The average molecular weight is 307 g/mol. The Hall–Kier alpha value is -1.73. The van der Waals surface area contributed by atoms with Crippen molar-refractivity contribution in [3.63, 3.8) is 0 Å². The number of carbonyl (C=O) groups is 1. The number of thiophene rings is 1. The van der Waals surface area contributed by atoms with Crippen LogP contribution in [0.5, 0.6) is 0 Å². The second-order valence-electron chi connectivity index (χ2n) is 5.43. The third kappa shape index (κ3) is 3.14. The summed E-state index contributed by atoms with van der Waals surface area (Å²) >= 11 is 1.54. The van der Waals surface area contributed by atoms with Crippen molar-refractivity contribution >= 4 is 17.3 Å². The van der Waals surface area contributed by atoms with E-state index >= 15 is 0 Å². The van der Waals surface area contributed by atoms with Gasteiger partial charge in [-0.1, -0.05) is 13.0 Å². The van der Waals surface area contributed by atoms with Gasteiger partial charge in [0.1, 0.15) is 6.04 Å². The van der Waals surface area contributed by atoms with E-state index in [0.717, 1.165) is 17.8 Å². The molecule has 7 heteroatoms. The van der Waals surface area contributed by atoms with E-state index in [1.807, 2.05) is 22.4 Å². The summed E-state index contributed by atoms with van der Waals surface area (Å²) in [5.41, 5.74) is 0. The highest BCUT2D eigenvalue weighted by atomic mass is 32.1. The number of hydrogen-bond donors (Lipinski definition) is 1. The van der Waals surface area contributed by atoms with Crippen LogP contribution in [0.15, 0.2) is 21.9 Å². The van der Waals surface area contributed by atoms with Crippen LogP contribution in [0.4, 0.5) is 0 Å². The van der Waals surface area contributed by atoms with Crippen LogP contribution in [0.3, 0.4) is 0 Å². The Morgan fingerprint density at radius 1 is 1.57 bits per heavy atom. The fourth-order valence-corrected chi connectivity index (χ4v) is 3.27. The highest BCUT2D eigenvalue weighted by molar-refractivity contribution is 7.13. The number of carboxylic acid groups (broad SMARTS) is 1. The van der Waals surface area contributed by atoms with E-state index in [1.54, 1.807) is 0 Å². The fourth-order valence-electron chi connectivity index (χ4n) is 2.63. The van der Waals surface area contributed by atoms with Gasteiger partial charge >= 0.3 is 5.97 Å². The first-order valence-corrected chi connectivity index (χ1v) is 7.84. The number of piperidine rings is 1. The summed E-state index contributed by atoms with van der Waals surface area (Å²) in [7, 11) is 0. The van der Waals surface area contributed by atoms with Crippen LogP contribution in [0.1, 0.15) is 25.7 Å². The zero-order chi connectivity index (χ0) is 14.8. The molecule has 1 aliphatic rings. The van der Waals surface area contributed by atoms with Crippen LogP contribution in [-0.2, 0) is 11.3 Å². The van der Waals surface area contributed by atoms with E-state index in [0.29, 0.717) is 30.7 Å². The molecule has 1 N–H and O–H groups in total. The van der Waals surface area contributed by atoms with Gasteiger partial charge in [0.15, 0.2) is 0 Å². The van der Waals surface area contributed by atoms with E-state index in [1.165, 1.54) is 11.3 Å². The maximum Gasteiger partial charge on any atom is 0.320 e. The zero-order valence-corrected chi connectivity index (χ0v) is 12.5. The third-order valence-electron chi connectivity index (χ3n) is 3.80. The standard InChI is InChI=1S/C14H17N3O3S/c1-9-4-5-17(10(7-9)14(18)19)8-12-15-16-13(20-12)11-3-2-6-21-11/h2-3,6,9-10H,4-5,7-8H2,1H3,(H,18,19). The first-order chi connectivity index (χ1) is 10.1. The van der Waals surface area contributed by atoms with Crippen molar-refractivity contribution < 1.29 is 14.3 Å². The Kier molecular flexibility index (Phi) is 4.03. The van der Waals surface area contributed by atoms with Gasteiger partial charge in [0.25, 0.3) is 5.89 Å². The lowest BCUT2D eigenvalue weighted by Crippen LogP contribution is -2.46. The van der Waals surface area contributed by atoms with Gasteiger partial charge in [-0.15, -0.1) is 21.5 Å². The van der Waals surface area contributed by atoms with Crippen LogP contribution >= 0.6 is 11.3 Å². The second kappa shape index (κ2) is 5.95. The van der Waals surface area contributed by atoms with Gasteiger partial charge in [0.2, 0.25) is 5.89 Å². The summed E-state index contributed by atoms with van der Waals surface area (Å²) in [6, 6.07) is 3.38. The van der Waals surface area contributed by atoms with Crippen molar-refractivity contribution in [1.82, 2.24) is 15.1 Å². The lowest BCUT2D eigenvalue weighted by atomic mass is 9.92. The van der Waals surface area contributed by atoms with Crippen LogP contribution in [0.25, 0.3) is 10.8 Å². The van der Waals surface area contributed by atoms with E-state index in [2.05, 4.69) is 17.1 Å². The predicted octanol–water partition coefficient (Wildman–Crippen LogP) is 2.48. The van der Waals surface area contributed by atoms with Gasteiger partial charge < -0.3 is 9.52 Å². The van der Waals surface area contributed by atoms with Gasteiger partial charge in [-0.25, -0.2) is 0 Å². The van der Waals surface area contributed by atoms with Gasteiger partial charge in [-0.2, -0.15) is 0 Å². The second-order valence-corrected chi connectivity index (χ2v) is 6.38. The van der Waals surface area contributed by atoms with Crippen molar-refractivity contribution in [3.05, 3.63) is 23.4 Å². The molecule has 0 amide bonds. The molecule has 1 saturated heterocycles. The minimum atomic E-state index is -0.778. The van der Waals surface area contributed by atoms with Crippen LogP contribution in [0, 0.1) is 5.92 Å². The molecule has 1 aliphatic heterocycles. The summed E-state index contributed by atoms with van der Waals surface area (Å²) in [5.74, 6) is 0.628. The van der Waals surface area contributed by atoms with Crippen molar-refractivity contribution in [1.29, 1.82) is 0 Å². The van der Waals surface area contributed by atoms with E-state index in [-0.39, 0.29) is 0 Å². The smallest absolute Gasteiger partial charge is 0.320 e. The topological polar surface area (TPSA) is 79.5 Å². The molecule has 0 radical (unpaired) electrons. The highest BCUT2D eigenvalue weighted by Crippen LogP contribution is 2.26. The van der Waals surface area contributed by atoms with Crippen molar-refractivity contribution in [2.45, 2.75) is 32.4 Å². The molecule has 0 aliphatic carbocycles. The lowest BCUT2D eigenvalue weighted by Gasteiger charge is -2.34. The Morgan fingerprint density at radius 3 is 3.14 bits per heavy atom. The molecule has 2 aromatic heterocycles. The SMILES string of the molecule is CC1CCN(Cc2nnc(-c3cccs3)o2)C(C(=O)O)C1. The van der Waals surface area contributed by atoms with Gasteiger partial charge in [-0.05, 0) is 36.8 Å². The molecule has 112 valence electrons. The molecule has 0 bridgehead atoms. The van der Waals surface area contributed by atoms with Gasteiger partial charge in [0.05, 0.1) is 11.4 Å². The molecule has 1 fully saturated rings. The Balaban J connectivity index is 1.72. The largest absolute Gasteiger partial charge is 0.480 e. The minimum Gasteiger partial charge on any atom is -0.480 e. The molecular weight excluding hydrogens is 290 g/mol. The summed E-state index contributed by atoms with van der Waals surface area (Å²) in [6.45, 7) is 3.23. The number of aliphatic carboxylic acids is 1. The van der Waals surface area contributed by atoms with Crippen LogP contribution in [-0.4, -0.2) is 38.8 Å². The molecule has 2 atom stereocenters. The average Bonchev–Trinajstić information content (AvgIpc) is 3.11. The highest BCUT2D eigenvalue weighted by Gasteiger charge is 2.32. The number of carboxylic acids is 1. The first-order valence-electron chi connectivity index (χ1n) is 6.96. The number of aromatic nitrogens is 2. The predicted molar refractivity (Wildman–Crippen MR) is 77.8 cm³/mol.